The molecule has 3 aromatic rings. The minimum atomic E-state index is 0.284. The summed E-state index contributed by atoms with van der Waals surface area (Å²) in [6, 6.07) is 13.2. The van der Waals surface area contributed by atoms with Crippen molar-refractivity contribution in [1.29, 1.82) is 0 Å². The summed E-state index contributed by atoms with van der Waals surface area (Å²) in [4.78, 5) is 0. The monoisotopic (exact) mass is 362 g/mol. The van der Waals surface area contributed by atoms with Crippen LogP contribution in [0, 0.1) is 27.7 Å². The van der Waals surface area contributed by atoms with E-state index in [4.69, 9.17) is 0 Å². The quantitative estimate of drug-likeness (QED) is 0.596. The number of phenols is 3. The third-order valence-corrected chi connectivity index (χ3v) is 5.24. The second-order valence-corrected chi connectivity index (χ2v) is 7.41. The van der Waals surface area contributed by atoms with Crippen molar-refractivity contribution in [3.8, 4) is 17.2 Å². The number of aryl methyl sites for hydroxylation is 4. The maximum atomic E-state index is 11.0. The molecule has 0 saturated heterocycles. The molecule has 3 nitrogen and oxygen atoms in total. The van der Waals surface area contributed by atoms with E-state index >= 15 is 0 Å². The lowest BCUT2D eigenvalue weighted by Crippen LogP contribution is -2.01. The van der Waals surface area contributed by atoms with E-state index in [1.165, 1.54) is 0 Å². The van der Waals surface area contributed by atoms with E-state index in [1.807, 2.05) is 52.0 Å². The molecule has 0 aliphatic rings. The molecule has 0 heterocycles. The SMILES string of the molecule is Cc1cc(Cc2c(C)cc(C)c(Cc3ccc(O)c(C)c3)c2O)ccc1O. The summed E-state index contributed by atoms with van der Waals surface area (Å²) in [7, 11) is 0. The molecule has 140 valence electrons. The predicted molar refractivity (Wildman–Crippen MR) is 109 cm³/mol. The van der Waals surface area contributed by atoms with Gasteiger partial charge in [-0.25, -0.2) is 0 Å². The second-order valence-electron chi connectivity index (χ2n) is 7.41. The molecule has 3 aromatic carbocycles. The van der Waals surface area contributed by atoms with Crippen molar-refractivity contribution in [2.75, 3.05) is 0 Å². The van der Waals surface area contributed by atoms with Gasteiger partial charge >= 0.3 is 0 Å². The largest absolute Gasteiger partial charge is 0.508 e. The smallest absolute Gasteiger partial charge is 0.123 e. The molecule has 0 spiro atoms. The molecule has 0 bridgehead atoms. The Kier molecular flexibility index (Phi) is 5.13. The average molecular weight is 362 g/mol. The molecule has 0 saturated carbocycles. The summed E-state index contributed by atoms with van der Waals surface area (Å²) in [5.74, 6) is 0.905. The van der Waals surface area contributed by atoms with Crippen LogP contribution in [-0.4, -0.2) is 15.3 Å². The molecule has 3 N–H and O–H groups in total. The van der Waals surface area contributed by atoms with E-state index in [9.17, 15) is 15.3 Å². The van der Waals surface area contributed by atoms with Gasteiger partial charge in [-0.15, -0.1) is 0 Å². The zero-order chi connectivity index (χ0) is 19.7. The molecule has 3 rings (SSSR count). The zero-order valence-electron chi connectivity index (χ0n) is 16.3. The Bertz CT molecular complexity index is 925. The van der Waals surface area contributed by atoms with Crippen LogP contribution in [0.5, 0.6) is 17.2 Å². The normalized spacial score (nSPS) is 11.0. The highest BCUT2D eigenvalue weighted by atomic mass is 16.3. The topological polar surface area (TPSA) is 60.7 Å². The lowest BCUT2D eigenvalue weighted by molar-refractivity contribution is 0.462. The van der Waals surface area contributed by atoms with Gasteiger partial charge in [0.15, 0.2) is 0 Å². The number of phenolic OH excluding ortho intramolecular Hbond substituents is 3. The van der Waals surface area contributed by atoms with Crippen molar-refractivity contribution in [2.45, 2.75) is 40.5 Å². The van der Waals surface area contributed by atoms with Crippen LogP contribution >= 0.6 is 0 Å². The Morgan fingerprint density at radius 2 is 0.963 bits per heavy atom. The van der Waals surface area contributed by atoms with Gasteiger partial charge in [-0.2, -0.15) is 0 Å². The molecule has 0 aromatic heterocycles. The predicted octanol–water partition coefficient (Wildman–Crippen LogP) is 5.22. The summed E-state index contributed by atoms with van der Waals surface area (Å²) in [6.45, 7) is 7.78. The minimum Gasteiger partial charge on any atom is -0.508 e. The molecule has 27 heavy (non-hydrogen) atoms. The fraction of sp³-hybridized carbons (Fsp3) is 0.250. The maximum Gasteiger partial charge on any atom is 0.123 e. The van der Waals surface area contributed by atoms with E-state index in [-0.39, 0.29) is 11.5 Å². The first-order chi connectivity index (χ1) is 12.8. The van der Waals surface area contributed by atoms with Crippen LogP contribution in [0.1, 0.15) is 44.5 Å². The van der Waals surface area contributed by atoms with Crippen molar-refractivity contribution in [3.63, 3.8) is 0 Å². The highest BCUT2D eigenvalue weighted by Gasteiger charge is 2.15. The first kappa shape index (κ1) is 18.8. The van der Waals surface area contributed by atoms with Crippen LogP contribution in [-0.2, 0) is 12.8 Å². The van der Waals surface area contributed by atoms with Crippen LogP contribution in [0.25, 0.3) is 0 Å². The molecule has 3 heteroatoms. The van der Waals surface area contributed by atoms with Gasteiger partial charge in [-0.3, -0.25) is 0 Å². The van der Waals surface area contributed by atoms with Crippen LogP contribution in [0.2, 0.25) is 0 Å². The Balaban J connectivity index is 1.99. The Hall–Kier alpha value is -2.94. The van der Waals surface area contributed by atoms with Gasteiger partial charge in [0.1, 0.15) is 17.2 Å². The minimum absolute atomic E-state index is 0.284. The van der Waals surface area contributed by atoms with Gasteiger partial charge in [-0.05, 0) is 73.2 Å². The Morgan fingerprint density at radius 3 is 1.33 bits per heavy atom. The van der Waals surface area contributed by atoms with Crippen molar-refractivity contribution in [3.05, 3.63) is 87.0 Å². The highest BCUT2D eigenvalue weighted by molar-refractivity contribution is 5.53. The molecule has 0 aliphatic heterocycles. The van der Waals surface area contributed by atoms with Gasteiger partial charge in [0.25, 0.3) is 0 Å². The van der Waals surface area contributed by atoms with Crippen LogP contribution in [0.3, 0.4) is 0 Å². The molecule has 0 unspecified atom stereocenters. The van der Waals surface area contributed by atoms with Crippen LogP contribution in [0.15, 0.2) is 42.5 Å². The lowest BCUT2D eigenvalue weighted by atomic mass is 9.90. The van der Waals surface area contributed by atoms with Crippen molar-refractivity contribution < 1.29 is 15.3 Å². The molecular formula is C24H26O3. The number of hydrogen-bond donors (Lipinski definition) is 3. The number of benzene rings is 3. The summed E-state index contributed by atoms with van der Waals surface area (Å²) in [6.07, 6.45) is 1.22. The zero-order valence-corrected chi connectivity index (χ0v) is 16.3. The first-order valence-corrected chi connectivity index (χ1v) is 9.14. The second kappa shape index (κ2) is 7.36. The number of rotatable bonds is 4. The molecule has 0 atom stereocenters. The van der Waals surface area contributed by atoms with Crippen LogP contribution < -0.4 is 0 Å². The van der Waals surface area contributed by atoms with E-state index in [0.717, 1.165) is 44.5 Å². The van der Waals surface area contributed by atoms with Gasteiger partial charge in [0.2, 0.25) is 0 Å². The van der Waals surface area contributed by atoms with Gasteiger partial charge in [0.05, 0.1) is 0 Å². The molecule has 0 radical (unpaired) electrons. The third kappa shape index (κ3) is 3.92. The van der Waals surface area contributed by atoms with Crippen molar-refractivity contribution in [2.24, 2.45) is 0 Å². The van der Waals surface area contributed by atoms with E-state index < -0.39 is 0 Å². The fourth-order valence-electron chi connectivity index (χ4n) is 3.56. The molecule has 0 amide bonds. The number of aromatic hydroxyl groups is 3. The summed E-state index contributed by atoms with van der Waals surface area (Å²) in [5.41, 5.74) is 7.71. The summed E-state index contributed by atoms with van der Waals surface area (Å²) >= 11 is 0. The van der Waals surface area contributed by atoms with E-state index in [1.54, 1.807) is 12.1 Å². The molecule has 0 fully saturated rings. The number of hydrogen-bond acceptors (Lipinski definition) is 3. The Labute approximate surface area is 160 Å². The standard InChI is InChI=1S/C24H26O3/c1-14-9-15(2)21(13-19-6-8-23(26)17(4)11-19)24(27)20(14)12-18-5-7-22(25)16(3)10-18/h5-11,25-27H,12-13H2,1-4H3. The fourth-order valence-corrected chi connectivity index (χ4v) is 3.56. The average Bonchev–Trinajstić information content (AvgIpc) is 2.61. The maximum absolute atomic E-state index is 11.0. The summed E-state index contributed by atoms with van der Waals surface area (Å²) < 4.78 is 0. The third-order valence-electron chi connectivity index (χ3n) is 5.24. The van der Waals surface area contributed by atoms with E-state index in [0.29, 0.717) is 18.6 Å². The van der Waals surface area contributed by atoms with Gasteiger partial charge in [-0.1, -0.05) is 30.3 Å². The highest BCUT2D eigenvalue weighted by Crippen LogP contribution is 2.34. The first-order valence-electron chi connectivity index (χ1n) is 9.14. The molecule has 0 aliphatic carbocycles. The van der Waals surface area contributed by atoms with Gasteiger partial charge in [0, 0.05) is 24.0 Å². The van der Waals surface area contributed by atoms with Crippen LogP contribution in [0.4, 0.5) is 0 Å². The lowest BCUT2D eigenvalue weighted by Gasteiger charge is -2.17. The summed E-state index contributed by atoms with van der Waals surface area (Å²) in [5, 5.41) is 30.5. The Morgan fingerprint density at radius 1 is 0.556 bits per heavy atom. The van der Waals surface area contributed by atoms with E-state index in [2.05, 4.69) is 6.07 Å². The molecular weight excluding hydrogens is 336 g/mol. The van der Waals surface area contributed by atoms with Gasteiger partial charge < -0.3 is 15.3 Å². The van der Waals surface area contributed by atoms with Crippen molar-refractivity contribution >= 4 is 0 Å². The van der Waals surface area contributed by atoms with Crippen molar-refractivity contribution in [1.82, 2.24) is 0 Å².